The third kappa shape index (κ3) is 2.40. The lowest BCUT2D eigenvalue weighted by Gasteiger charge is -2.05. The number of aldehydes is 1. The molecule has 98 valence electrons. The molecule has 20 heavy (non-hydrogen) atoms. The van der Waals surface area contributed by atoms with Crippen molar-refractivity contribution in [3.8, 4) is 0 Å². The van der Waals surface area contributed by atoms with Crippen molar-refractivity contribution >= 4 is 29.0 Å². The SMILES string of the molecule is O=Cc1ccc(Sc2ncnc3ccccc23)c(F)c1. The van der Waals surface area contributed by atoms with E-state index < -0.39 is 5.82 Å². The summed E-state index contributed by atoms with van der Waals surface area (Å²) in [6.45, 7) is 0. The van der Waals surface area contributed by atoms with Crippen LogP contribution in [0.2, 0.25) is 0 Å². The minimum absolute atomic E-state index is 0.319. The van der Waals surface area contributed by atoms with Gasteiger partial charge in [0.15, 0.2) is 0 Å². The van der Waals surface area contributed by atoms with Crippen LogP contribution < -0.4 is 0 Å². The van der Waals surface area contributed by atoms with Crippen molar-refractivity contribution in [1.82, 2.24) is 9.97 Å². The highest BCUT2D eigenvalue weighted by Gasteiger charge is 2.09. The minimum Gasteiger partial charge on any atom is -0.298 e. The summed E-state index contributed by atoms with van der Waals surface area (Å²) in [6, 6.07) is 12.0. The van der Waals surface area contributed by atoms with E-state index in [0.717, 1.165) is 10.9 Å². The van der Waals surface area contributed by atoms with Crippen LogP contribution >= 0.6 is 11.8 Å². The summed E-state index contributed by atoms with van der Waals surface area (Å²) in [6.07, 6.45) is 2.08. The molecule has 0 N–H and O–H groups in total. The monoisotopic (exact) mass is 284 g/mol. The van der Waals surface area contributed by atoms with Gasteiger partial charge >= 0.3 is 0 Å². The Kier molecular flexibility index (Phi) is 3.43. The zero-order valence-corrected chi connectivity index (χ0v) is 11.1. The van der Waals surface area contributed by atoms with Crippen LogP contribution in [0.25, 0.3) is 10.9 Å². The Hall–Kier alpha value is -2.27. The van der Waals surface area contributed by atoms with E-state index >= 15 is 0 Å². The Bertz CT molecular complexity index is 786. The molecule has 0 saturated carbocycles. The van der Waals surface area contributed by atoms with Crippen LogP contribution in [0.4, 0.5) is 4.39 Å². The molecule has 2 aromatic carbocycles. The van der Waals surface area contributed by atoms with E-state index in [2.05, 4.69) is 9.97 Å². The van der Waals surface area contributed by atoms with Crippen molar-refractivity contribution in [3.63, 3.8) is 0 Å². The van der Waals surface area contributed by atoms with Gasteiger partial charge in [-0.3, -0.25) is 4.79 Å². The molecule has 0 aliphatic heterocycles. The van der Waals surface area contributed by atoms with Crippen LogP contribution in [0.1, 0.15) is 10.4 Å². The first kappa shape index (κ1) is 12.7. The second kappa shape index (κ2) is 5.38. The van der Waals surface area contributed by atoms with Crippen LogP contribution in [0.5, 0.6) is 0 Å². The Labute approximate surface area is 118 Å². The predicted molar refractivity (Wildman–Crippen MR) is 75.4 cm³/mol. The highest BCUT2D eigenvalue weighted by molar-refractivity contribution is 7.99. The smallest absolute Gasteiger partial charge is 0.150 e. The van der Waals surface area contributed by atoms with Gasteiger partial charge in [0.1, 0.15) is 23.5 Å². The van der Waals surface area contributed by atoms with Crippen LogP contribution in [0.3, 0.4) is 0 Å². The number of para-hydroxylation sites is 1. The first-order valence-electron chi connectivity index (χ1n) is 5.90. The number of hydrogen-bond donors (Lipinski definition) is 0. The van der Waals surface area contributed by atoms with Crippen molar-refractivity contribution in [1.29, 1.82) is 0 Å². The molecule has 0 amide bonds. The number of halogens is 1. The lowest BCUT2D eigenvalue weighted by atomic mass is 10.2. The quantitative estimate of drug-likeness (QED) is 0.543. The summed E-state index contributed by atoms with van der Waals surface area (Å²) in [4.78, 5) is 19.4. The van der Waals surface area contributed by atoms with Crippen molar-refractivity contribution in [2.24, 2.45) is 0 Å². The maximum absolute atomic E-state index is 13.9. The van der Waals surface area contributed by atoms with Crippen molar-refractivity contribution in [3.05, 3.63) is 60.2 Å². The molecule has 3 aromatic rings. The first-order valence-corrected chi connectivity index (χ1v) is 6.72. The van der Waals surface area contributed by atoms with E-state index in [1.807, 2.05) is 24.3 Å². The highest BCUT2D eigenvalue weighted by atomic mass is 32.2. The average Bonchev–Trinajstić information content (AvgIpc) is 2.49. The summed E-state index contributed by atoms with van der Waals surface area (Å²) in [7, 11) is 0. The van der Waals surface area contributed by atoms with Gasteiger partial charge in [-0.1, -0.05) is 36.0 Å². The maximum atomic E-state index is 13.9. The van der Waals surface area contributed by atoms with Gasteiger partial charge in [-0.15, -0.1) is 0 Å². The molecule has 0 bridgehead atoms. The van der Waals surface area contributed by atoms with Gasteiger partial charge in [0.25, 0.3) is 0 Å². The number of carbonyl (C=O) groups excluding carboxylic acids is 1. The minimum atomic E-state index is -0.428. The topological polar surface area (TPSA) is 42.9 Å². The van der Waals surface area contributed by atoms with E-state index in [1.54, 1.807) is 12.1 Å². The molecule has 0 aliphatic rings. The fourth-order valence-corrected chi connectivity index (χ4v) is 2.72. The molecule has 0 radical (unpaired) electrons. The van der Waals surface area contributed by atoms with Crippen LogP contribution in [-0.4, -0.2) is 16.3 Å². The van der Waals surface area contributed by atoms with Gasteiger partial charge < -0.3 is 0 Å². The van der Waals surface area contributed by atoms with Gasteiger partial charge in [0.2, 0.25) is 0 Å². The number of benzene rings is 2. The fourth-order valence-electron chi connectivity index (χ4n) is 1.84. The summed E-state index contributed by atoms with van der Waals surface area (Å²) in [5, 5.41) is 1.56. The summed E-state index contributed by atoms with van der Waals surface area (Å²) in [5.41, 5.74) is 1.13. The zero-order chi connectivity index (χ0) is 13.9. The second-order valence-electron chi connectivity index (χ2n) is 4.11. The lowest BCUT2D eigenvalue weighted by molar-refractivity contribution is 0.112. The van der Waals surface area contributed by atoms with Gasteiger partial charge in [0, 0.05) is 15.8 Å². The summed E-state index contributed by atoms with van der Waals surface area (Å²) >= 11 is 1.22. The number of nitrogens with zero attached hydrogens (tertiary/aromatic N) is 2. The van der Waals surface area contributed by atoms with Gasteiger partial charge in [-0.2, -0.15) is 0 Å². The van der Waals surface area contributed by atoms with E-state index in [1.165, 1.54) is 24.2 Å². The number of rotatable bonds is 3. The lowest BCUT2D eigenvalue weighted by Crippen LogP contribution is -1.89. The molecule has 1 aromatic heterocycles. The Morgan fingerprint density at radius 1 is 1.10 bits per heavy atom. The second-order valence-corrected chi connectivity index (χ2v) is 5.14. The molecule has 0 unspecified atom stereocenters. The normalized spacial score (nSPS) is 10.7. The number of fused-ring (bicyclic) bond motifs is 1. The molecule has 0 fully saturated rings. The van der Waals surface area contributed by atoms with E-state index in [-0.39, 0.29) is 0 Å². The van der Waals surface area contributed by atoms with Crippen molar-refractivity contribution < 1.29 is 9.18 Å². The van der Waals surface area contributed by atoms with E-state index in [4.69, 9.17) is 0 Å². The third-order valence-corrected chi connectivity index (χ3v) is 3.87. The molecule has 3 rings (SSSR count). The predicted octanol–water partition coefficient (Wildman–Crippen LogP) is 3.73. The molecule has 0 spiro atoms. The van der Waals surface area contributed by atoms with Crippen LogP contribution in [0.15, 0.2) is 58.7 Å². The number of carbonyl (C=O) groups is 1. The Balaban J connectivity index is 2.03. The van der Waals surface area contributed by atoms with Crippen LogP contribution in [0, 0.1) is 5.82 Å². The largest absolute Gasteiger partial charge is 0.298 e. The molecule has 3 nitrogen and oxygen atoms in total. The average molecular weight is 284 g/mol. The highest BCUT2D eigenvalue weighted by Crippen LogP contribution is 2.32. The summed E-state index contributed by atoms with van der Waals surface area (Å²) < 4.78 is 13.9. The molecule has 5 heteroatoms. The maximum Gasteiger partial charge on any atom is 0.150 e. The molecule has 0 atom stereocenters. The van der Waals surface area contributed by atoms with Gasteiger partial charge in [0.05, 0.1) is 5.52 Å². The van der Waals surface area contributed by atoms with Crippen molar-refractivity contribution in [2.75, 3.05) is 0 Å². The van der Waals surface area contributed by atoms with E-state index in [0.29, 0.717) is 21.8 Å². The molecular formula is C15H9FN2OS. The molecule has 0 saturated heterocycles. The van der Waals surface area contributed by atoms with E-state index in [9.17, 15) is 9.18 Å². The molecule has 1 heterocycles. The number of hydrogen-bond acceptors (Lipinski definition) is 4. The van der Waals surface area contributed by atoms with Gasteiger partial charge in [-0.25, -0.2) is 14.4 Å². The van der Waals surface area contributed by atoms with Crippen LogP contribution in [-0.2, 0) is 0 Å². The number of aromatic nitrogens is 2. The first-order chi connectivity index (χ1) is 9.78. The molecule has 0 aliphatic carbocycles. The summed E-state index contributed by atoms with van der Waals surface area (Å²) in [5.74, 6) is -0.428. The third-order valence-electron chi connectivity index (χ3n) is 2.80. The van der Waals surface area contributed by atoms with Gasteiger partial charge in [-0.05, 0) is 18.2 Å². The zero-order valence-electron chi connectivity index (χ0n) is 10.3. The Morgan fingerprint density at radius 3 is 2.75 bits per heavy atom. The molecular weight excluding hydrogens is 275 g/mol. The fraction of sp³-hybridized carbons (Fsp3) is 0. The standard InChI is InChI=1S/C15H9FN2OS/c16-12-7-10(8-19)5-6-14(12)20-15-11-3-1-2-4-13(11)17-9-18-15/h1-9H. The van der Waals surface area contributed by atoms with Crippen molar-refractivity contribution in [2.45, 2.75) is 9.92 Å². The Morgan fingerprint density at radius 2 is 1.95 bits per heavy atom.